The van der Waals surface area contributed by atoms with Gasteiger partial charge in [0.05, 0.1) is 19.8 Å². The third kappa shape index (κ3) is 1.77. The van der Waals surface area contributed by atoms with Crippen LogP contribution in [0.15, 0.2) is 18.2 Å². The number of aromatic amines is 1. The normalized spacial score (nSPS) is 10.1. The van der Waals surface area contributed by atoms with Crippen LogP contribution in [0.5, 0.6) is 11.5 Å². The molecule has 16 heavy (non-hydrogen) atoms. The number of hydrogen-bond acceptors (Lipinski definition) is 5. The van der Waals surface area contributed by atoms with Crippen LogP contribution in [0.1, 0.15) is 0 Å². The first-order valence-electron chi connectivity index (χ1n) is 4.65. The SMILES string of the molecule is COc1ccc(OC)c(-c2nc(N)n[nH]2)c1. The Kier molecular flexibility index (Phi) is 2.63. The molecule has 0 spiro atoms. The van der Waals surface area contributed by atoms with Gasteiger partial charge in [0.15, 0.2) is 5.82 Å². The first-order chi connectivity index (χ1) is 7.74. The monoisotopic (exact) mass is 220 g/mol. The van der Waals surface area contributed by atoms with Crippen LogP contribution >= 0.6 is 0 Å². The Hall–Kier alpha value is -2.24. The maximum Gasteiger partial charge on any atom is 0.239 e. The molecular formula is C10H12N4O2. The van der Waals surface area contributed by atoms with Crippen molar-refractivity contribution in [1.29, 1.82) is 0 Å². The van der Waals surface area contributed by atoms with E-state index in [1.54, 1.807) is 26.4 Å². The molecule has 0 radical (unpaired) electrons. The van der Waals surface area contributed by atoms with Gasteiger partial charge in [-0.05, 0) is 18.2 Å². The van der Waals surface area contributed by atoms with E-state index < -0.39 is 0 Å². The Morgan fingerprint density at radius 3 is 2.62 bits per heavy atom. The van der Waals surface area contributed by atoms with Crippen molar-refractivity contribution in [2.45, 2.75) is 0 Å². The van der Waals surface area contributed by atoms with Crippen LogP contribution in [0.25, 0.3) is 11.4 Å². The largest absolute Gasteiger partial charge is 0.497 e. The predicted molar refractivity (Wildman–Crippen MR) is 59.3 cm³/mol. The zero-order chi connectivity index (χ0) is 11.5. The summed E-state index contributed by atoms with van der Waals surface area (Å²) in [5.74, 6) is 2.14. The summed E-state index contributed by atoms with van der Waals surface area (Å²) in [6.45, 7) is 0. The van der Waals surface area contributed by atoms with Gasteiger partial charge in [0.1, 0.15) is 11.5 Å². The second-order valence-corrected chi connectivity index (χ2v) is 3.11. The molecule has 1 aromatic heterocycles. The molecule has 1 aromatic carbocycles. The van der Waals surface area contributed by atoms with Crippen molar-refractivity contribution in [2.75, 3.05) is 20.0 Å². The summed E-state index contributed by atoms with van der Waals surface area (Å²) in [6.07, 6.45) is 0. The van der Waals surface area contributed by atoms with Crippen molar-refractivity contribution in [1.82, 2.24) is 15.2 Å². The molecule has 0 amide bonds. The number of H-pyrrole nitrogens is 1. The van der Waals surface area contributed by atoms with Crippen LogP contribution in [-0.4, -0.2) is 29.4 Å². The third-order valence-electron chi connectivity index (χ3n) is 2.16. The second-order valence-electron chi connectivity index (χ2n) is 3.11. The van der Waals surface area contributed by atoms with Crippen molar-refractivity contribution in [3.8, 4) is 22.9 Å². The van der Waals surface area contributed by atoms with E-state index in [4.69, 9.17) is 15.2 Å². The van der Waals surface area contributed by atoms with E-state index in [1.165, 1.54) is 0 Å². The highest BCUT2D eigenvalue weighted by Crippen LogP contribution is 2.31. The van der Waals surface area contributed by atoms with Gasteiger partial charge < -0.3 is 15.2 Å². The molecule has 1 heterocycles. The lowest BCUT2D eigenvalue weighted by Gasteiger charge is -2.07. The molecule has 0 aliphatic heterocycles. The molecule has 0 bridgehead atoms. The smallest absolute Gasteiger partial charge is 0.239 e. The molecule has 0 saturated carbocycles. The van der Waals surface area contributed by atoms with E-state index in [-0.39, 0.29) is 5.95 Å². The Labute approximate surface area is 92.4 Å². The number of methoxy groups -OCH3 is 2. The number of nitrogens with one attached hydrogen (secondary N) is 1. The van der Waals surface area contributed by atoms with E-state index in [2.05, 4.69) is 15.2 Å². The van der Waals surface area contributed by atoms with Crippen molar-refractivity contribution >= 4 is 5.95 Å². The van der Waals surface area contributed by atoms with Crippen LogP contribution in [0.4, 0.5) is 5.95 Å². The number of rotatable bonds is 3. The lowest BCUT2D eigenvalue weighted by atomic mass is 10.2. The van der Waals surface area contributed by atoms with Gasteiger partial charge in [0.2, 0.25) is 5.95 Å². The van der Waals surface area contributed by atoms with Gasteiger partial charge in [-0.2, -0.15) is 4.98 Å². The molecule has 3 N–H and O–H groups in total. The lowest BCUT2D eigenvalue weighted by Crippen LogP contribution is -1.91. The molecule has 0 aliphatic carbocycles. The number of nitrogens with zero attached hydrogens (tertiary/aromatic N) is 2. The summed E-state index contributed by atoms with van der Waals surface area (Å²) >= 11 is 0. The average Bonchev–Trinajstić information content (AvgIpc) is 2.75. The van der Waals surface area contributed by atoms with E-state index in [0.717, 1.165) is 5.56 Å². The molecule has 0 saturated heterocycles. The van der Waals surface area contributed by atoms with Crippen LogP contribution < -0.4 is 15.2 Å². The van der Waals surface area contributed by atoms with Crippen LogP contribution in [0, 0.1) is 0 Å². The minimum absolute atomic E-state index is 0.194. The maximum absolute atomic E-state index is 5.45. The van der Waals surface area contributed by atoms with Crippen LogP contribution in [0.2, 0.25) is 0 Å². The summed E-state index contributed by atoms with van der Waals surface area (Å²) in [4.78, 5) is 4.04. The summed E-state index contributed by atoms with van der Waals surface area (Å²) in [6, 6.07) is 5.41. The van der Waals surface area contributed by atoms with Gasteiger partial charge in [-0.25, -0.2) is 0 Å². The number of nitrogen functional groups attached to an aromatic ring is 1. The maximum atomic E-state index is 5.45. The van der Waals surface area contributed by atoms with Gasteiger partial charge in [-0.3, -0.25) is 5.10 Å². The van der Waals surface area contributed by atoms with E-state index in [1.807, 2.05) is 6.07 Å². The minimum Gasteiger partial charge on any atom is -0.497 e. The summed E-state index contributed by atoms with van der Waals surface area (Å²) in [5.41, 5.74) is 6.21. The fraction of sp³-hybridized carbons (Fsp3) is 0.200. The Balaban J connectivity index is 2.52. The van der Waals surface area contributed by atoms with Crippen LogP contribution in [-0.2, 0) is 0 Å². The highest BCUT2D eigenvalue weighted by Gasteiger charge is 2.11. The molecule has 0 unspecified atom stereocenters. The van der Waals surface area contributed by atoms with Gasteiger partial charge in [-0.15, -0.1) is 5.10 Å². The second kappa shape index (κ2) is 4.09. The van der Waals surface area contributed by atoms with E-state index in [0.29, 0.717) is 17.3 Å². The molecule has 2 rings (SSSR count). The van der Waals surface area contributed by atoms with Crippen molar-refractivity contribution in [3.05, 3.63) is 18.2 Å². The fourth-order valence-electron chi connectivity index (χ4n) is 1.39. The number of benzene rings is 1. The number of aromatic nitrogens is 3. The lowest BCUT2D eigenvalue weighted by molar-refractivity contribution is 0.404. The van der Waals surface area contributed by atoms with Gasteiger partial charge in [0.25, 0.3) is 0 Å². The van der Waals surface area contributed by atoms with Crippen molar-refractivity contribution in [2.24, 2.45) is 0 Å². The molecule has 6 heteroatoms. The standard InChI is InChI=1S/C10H12N4O2/c1-15-6-3-4-8(16-2)7(5-6)9-12-10(11)14-13-9/h3-5H,1-2H3,(H3,11,12,13,14). The first-order valence-corrected chi connectivity index (χ1v) is 4.65. The molecule has 84 valence electrons. The zero-order valence-electron chi connectivity index (χ0n) is 9.02. The molecule has 0 aliphatic rings. The number of ether oxygens (including phenoxy) is 2. The Bertz CT molecular complexity index is 495. The van der Waals surface area contributed by atoms with E-state index >= 15 is 0 Å². The van der Waals surface area contributed by atoms with Gasteiger partial charge >= 0.3 is 0 Å². The topological polar surface area (TPSA) is 86.1 Å². The Morgan fingerprint density at radius 2 is 2.06 bits per heavy atom. The van der Waals surface area contributed by atoms with Crippen molar-refractivity contribution in [3.63, 3.8) is 0 Å². The number of nitrogens with two attached hydrogens (primary N) is 1. The third-order valence-corrected chi connectivity index (χ3v) is 2.16. The fourth-order valence-corrected chi connectivity index (χ4v) is 1.39. The van der Waals surface area contributed by atoms with Crippen molar-refractivity contribution < 1.29 is 9.47 Å². The molecule has 6 nitrogen and oxygen atoms in total. The van der Waals surface area contributed by atoms with E-state index in [9.17, 15) is 0 Å². The highest BCUT2D eigenvalue weighted by molar-refractivity contribution is 5.66. The molecule has 0 fully saturated rings. The molecular weight excluding hydrogens is 208 g/mol. The summed E-state index contributed by atoms with van der Waals surface area (Å²) < 4.78 is 10.4. The predicted octanol–water partition coefficient (Wildman–Crippen LogP) is 1.07. The quantitative estimate of drug-likeness (QED) is 0.808. The number of anilines is 1. The Morgan fingerprint density at radius 1 is 1.25 bits per heavy atom. The zero-order valence-corrected chi connectivity index (χ0v) is 9.02. The summed E-state index contributed by atoms with van der Waals surface area (Å²) in [7, 11) is 3.19. The van der Waals surface area contributed by atoms with Gasteiger partial charge in [0, 0.05) is 0 Å². The minimum atomic E-state index is 0.194. The van der Waals surface area contributed by atoms with Gasteiger partial charge in [-0.1, -0.05) is 0 Å². The molecule has 2 aromatic rings. The number of hydrogen-bond donors (Lipinski definition) is 2. The van der Waals surface area contributed by atoms with Crippen LogP contribution in [0.3, 0.4) is 0 Å². The summed E-state index contributed by atoms with van der Waals surface area (Å²) in [5, 5.41) is 6.50. The highest BCUT2D eigenvalue weighted by atomic mass is 16.5. The average molecular weight is 220 g/mol. The molecule has 0 atom stereocenters. The first kappa shape index (κ1) is 10.3.